The zero-order valence-corrected chi connectivity index (χ0v) is 18.7. The molecule has 2 aromatic carbocycles. The van der Waals surface area contributed by atoms with Crippen LogP contribution in [-0.4, -0.2) is 27.7 Å². The highest BCUT2D eigenvalue weighted by molar-refractivity contribution is 5.33. The molecule has 2 atom stereocenters. The van der Waals surface area contributed by atoms with Gasteiger partial charge in [0.25, 0.3) is 0 Å². The SMILES string of the molecule is Cc1noc(CN2CCCC(OCc3cc(C(F)(F)F)cc(C(F)(F)F)c3)C2c2ccccc2)n1. The predicted molar refractivity (Wildman–Crippen MR) is 113 cm³/mol. The minimum absolute atomic E-state index is 0.116. The summed E-state index contributed by atoms with van der Waals surface area (Å²) in [7, 11) is 0. The molecule has 0 aliphatic carbocycles. The maximum Gasteiger partial charge on any atom is 0.416 e. The quantitative estimate of drug-likeness (QED) is 0.371. The molecule has 0 bridgehead atoms. The van der Waals surface area contributed by atoms with Crippen molar-refractivity contribution in [3.63, 3.8) is 0 Å². The van der Waals surface area contributed by atoms with Gasteiger partial charge in [-0.3, -0.25) is 4.90 Å². The van der Waals surface area contributed by atoms with Gasteiger partial charge in [-0.25, -0.2) is 0 Å². The number of hydrogen-bond donors (Lipinski definition) is 0. The highest BCUT2D eigenvalue weighted by Crippen LogP contribution is 2.38. The highest BCUT2D eigenvalue weighted by atomic mass is 19.4. The first kappa shape index (κ1) is 25.2. The lowest BCUT2D eigenvalue weighted by molar-refractivity contribution is -0.143. The molecule has 1 saturated heterocycles. The second-order valence-electron chi connectivity index (χ2n) is 8.47. The number of halogens is 6. The van der Waals surface area contributed by atoms with Crippen LogP contribution in [0.3, 0.4) is 0 Å². The first-order valence-corrected chi connectivity index (χ1v) is 11.0. The molecule has 0 saturated carbocycles. The smallest absolute Gasteiger partial charge is 0.372 e. The van der Waals surface area contributed by atoms with E-state index in [0.29, 0.717) is 43.4 Å². The van der Waals surface area contributed by atoms with E-state index < -0.39 is 36.2 Å². The van der Waals surface area contributed by atoms with Crippen molar-refractivity contribution in [3.05, 3.63) is 82.5 Å². The van der Waals surface area contributed by atoms with Crippen molar-refractivity contribution in [2.24, 2.45) is 0 Å². The first-order valence-electron chi connectivity index (χ1n) is 11.0. The lowest BCUT2D eigenvalue weighted by Gasteiger charge is -2.40. The van der Waals surface area contributed by atoms with Gasteiger partial charge in [-0.05, 0) is 55.6 Å². The van der Waals surface area contributed by atoms with Crippen LogP contribution in [0, 0.1) is 6.92 Å². The minimum atomic E-state index is -4.91. The third-order valence-corrected chi connectivity index (χ3v) is 5.84. The van der Waals surface area contributed by atoms with Crippen molar-refractivity contribution >= 4 is 0 Å². The average molecular weight is 499 g/mol. The molecule has 1 fully saturated rings. The summed E-state index contributed by atoms with van der Waals surface area (Å²) in [5.41, 5.74) is -2.00. The summed E-state index contributed by atoms with van der Waals surface area (Å²) in [6.45, 7) is 2.33. The summed E-state index contributed by atoms with van der Waals surface area (Å²) in [5.74, 6) is 0.905. The Labute approximate surface area is 197 Å². The van der Waals surface area contributed by atoms with E-state index in [1.807, 2.05) is 30.3 Å². The molecule has 1 aromatic heterocycles. The number of aromatic nitrogens is 2. The van der Waals surface area contributed by atoms with Gasteiger partial charge in [0.2, 0.25) is 5.89 Å². The monoisotopic (exact) mass is 499 g/mol. The first-order chi connectivity index (χ1) is 16.5. The Kier molecular flexibility index (Phi) is 7.18. The van der Waals surface area contributed by atoms with Crippen LogP contribution in [0.25, 0.3) is 0 Å². The molecule has 11 heteroatoms. The average Bonchev–Trinajstić information content (AvgIpc) is 3.21. The number of alkyl halides is 6. The molecule has 2 heterocycles. The fraction of sp³-hybridized carbons (Fsp3) is 0.417. The number of rotatable bonds is 6. The number of piperidine rings is 1. The predicted octanol–water partition coefficient (Wildman–Crippen LogP) is 6.34. The molecule has 4 rings (SSSR count). The van der Waals surface area contributed by atoms with Crippen LogP contribution in [-0.2, 0) is 30.2 Å². The van der Waals surface area contributed by atoms with Gasteiger partial charge in [0.15, 0.2) is 5.82 Å². The van der Waals surface area contributed by atoms with Crippen molar-refractivity contribution in [2.45, 2.75) is 57.4 Å². The lowest BCUT2D eigenvalue weighted by Crippen LogP contribution is -2.42. The normalized spacial score (nSPS) is 19.7. The molecule has 0 radical (unpaired) electrons. The van der Waals surface area contributed by atoms with E-state index in [9.17, 15) is 26.3 Å². The molecule has 0 N–H and O–H groups in total. The number of likely N-dealkylation sites (tertiary alicyclic amines) is 1. The van der Waals surface area contributed by atoms with Gasteiger partial charge >= 0.3 is 12.4 Å². The maximum absolute atomic E-state index is 13.2. The summed E-state index contributed by atoms with van der Waals surface area (Å²) in [4.78, 5) is 6.32. The van der Waals surface area contributed by atoms with E-state index in [2.05, 4.69) is 15.0 Å². The molecule has 0 spiro atoms. The number of nitrogens with zero attached hydrogens (tertiary/aromatic N) is 3. The van der Waals surface area contributed by atoms with Crippen LogP contribution in [0.1, 0.15) is 52.9 Å². The fourth-order valence-corrected chi connectivity index (χ4v) is 4.34. The van der Waals surface area contributed by atoms with E-state index in [0.717, 1.165) is 12.0 Å². The Balaban J connectivity index is 1.59. The van der Waals surface area contributed by atoms with E-state index in [4.69, 9.17) is 9.26 Å². The van der Waals surface area contributed by atoms with Gasteiger partial charge in [-0.2, -0.15) is 31.3 Å². The van der Waals surface area contributed by atoms with E-state index in [1.165, 1.54) is 0 Å². The van der Waals surface area contributed by atoms with Crippen molar-refractivity contribution in [2.75, 3.05) is 6.54 Å². The molecule has 2 unspecified atom stereocenters. The zero-order valence-electron chi connectivity index (χ0n) is 18.7. The molecular weight excluding hydrogens is 476 g/mol. The number of hydrogen-bond acceptors (Lipinski definition) is 5. The Bertz CT molecular complexity index is 1100. The molecule has 3 aromatic rings. The maximum atomic E-state index is 13.2. The van der Waals surface area contributed by atoms with Crippen molar-refractivity contribution < 1.29 is 35.6 Å². The summed E-state index contributed by atoms with van der Waals surface area (Å²) < 4.78 is 90.7. The molecule has 188 valence electrons. The summed E-state index contributed by atoms with van der Waals surface area (Å²) in [5, 5.41) is 3.80. The highest BCUT2D eigenvalue weighted by Gasteiger charge is 2.38. The third kappa shape index (κ3) is 6.21. The lowest BCUT2D eigenvalue weighted by atomic mass is 9.92. The molecule has 1 aliphatic heterocycles. The second-order valence-corrected chi connectivity index (χ2v) is 8.47. The van der Waals surface area contributed by atoms with Gasteiger partial charge in [-0.1, -0.05) is 35.5 Å². The van der Waals surface area contributed by atoms with Crippen molar-refractivity contribution in [1.29, 1.82) is 0 Å². The Morgan fingerprint density at radius 1 is 1.00 bits per heavy atom. The number of ether oxygens (including phenoxy) is 1. The van der Waals surface area contributed by atoms with Crippen LogP contribution in [0.2, 0.25) is 0 Å². The van der Waals surface area contributed by atoms with Crippen molar-refractivity contribution in [3.8, 4) is 0 Å². The number of benzene rings is 2. The fourth-order valence-electron chi connectivity index (χ4n) is 4.34. The molecular formula is C24H23F6N3O2. The van der Waals surface area contributed by atoms with Crippen LogP contribution in [0.5, 0.6) is 0 Å². The van der Waals surface area contributed by atoms with Gasteiger partial charge in [-0.15, -0.1) is 0 Å². The van der Waals surface area contributed by atoms with Crippen LogP contribution in [0.15, 0.2) is 53.1 Å². The third-order valence-electron chi connectivity index (χ3n) is 5.84. The van der Waals surface area contributed by atoms with Gasteiger partial charge in [0, 0.05) is 0 Å². The minimum Gasteiger partial charge on any atom is -0.372 e. The Hall–Kier alpha value is -2.92. The van der Waals surface area contributed by atoms with E-state index >= 15 is 0 Å². The van der Waals surface area contributed by atoms with E-state index in [-0.39, 0.29) is 17.7 Å². The van der Waals surface area contributed by atoms with Gasteiger partial charge in [0.1, 0.15) is 0 Å². The van der Waals surface area contributed by atoms with Gasteiger partial charge < -0.3 is 9.26 Å². The van der Waals surface area contributed by atoms with Crippen LogP contribution < -0.4 is 0 Å². The molecule has 35 heavy (non-hydrogen) atoms. The molecule has 0 amide bonds. The largest absolute Gasteiger partial charge is 0.416 e. The topological polar surface area (TPSA) is 51.4 Å². The van der Waals surface area contributed by atoms with Crippen LogP contribution >= 0.6 is 0 Å². The second kappa shape index (κ2) is 9.98. The molecule has 5 nitrogen and oxygen atoms in total. The zero-order chi connectivity index (χ0) is 25.2. The van der Waals surface area contributed by atoms with Crippen LogP contribution in [0.4, 0.5) is 26.3 Å². The Morgan fingerprint density at radius 3 is 2.23 bits per heavy atom. The number of aryl methyl sites for hydroxylation is 1. The standard InChI is InChI=1S/C24H23F6N3O2/c1-15-31-21(35-32-15)13-33-9-5-8-20(22(33)17-6-3-2-4-7-17)34-14-16-10-18(23(25,26)27)12-19(11-16)24(28,29)30/h2-4,6-7,10-12,20,22H,5,8-9,13-14H2,1H3. The van der Waals surface area contributed by atoms with Crippen molar-refractivity contribution in [1.82, 2.24) is 15.0 Å². The van der Waals surface area contributed by atoms with E-state index in [1.54, 1.807) is 6.92 Å². The van der Waals surface area contributed by atoms with Gasteiger partial charge in [0.05, 0.1) is 36.4 Å². The summed E-state index contributed by atoms with van der Waals surface area (Å²) in [6.07, 6.45) is -8.99. The summed E-state index contributed by atoms with van der Waals surface area (Å²) in [6, 6.07) is 10.6. The summed E-state index contributed by atoms with van der Waals surface area (Å²) >= 11 is 0. The molecule has 1 aliphatic rings. The Morgan fingerprint density at radius 2 is 1.66 bits per heavy atom.